The van der Waals surface area contributed by atoms with Crippen molar-refractivity contribution >= 4 is 41.7 Å². The molecule has 30 heavy (non-hydrogen) atoms. The Labute approximate surface area is 202 Å². The second-order valence-electron chi connectivity index (χ2n) is 8.72. The van der Waals surface area contributed by atoms with Gasteiger partial charge in [0.25, 0.3) is 0 Å². The van der Waals surface area contributed by atoms with E-state index in [2.05, 4.69) is 38.2 Å². The zero-order valence-corrected chi connectivity index (χ0v) is 21.6. The van der Waals surface area contributed by atoms with Gasteiger partial charge in [-0.15, -0.1) is 34.2 Å². The van der Waals surface area contributed by atoms with Gasteiger partial charge < -0.3 is 19.5 Å². The number of ether oxygens (including phenoxy) is 1. The van der Waals surface area contributed by atoms with E-state index in [1.165, 1.54) is 38.5 Å². The molecule has 7 nitrogen and oxygen atoms in total. The van der Waals surface area contributed by atoms with Crippen molar-refractivity contribution in [1.29, 1.82) is 0 Å². The molecule has 4 rings (SSSR count). The summed E-state index contributed by atoms with van der Waals surface area (Å²) < 4.78 is 8.09. The quantitative estimate of drug-likeness (QED) is 0.184. The molecule has 3 aliphatic rings. The van der Waals surface area contributed by atoms with Crippen LogP contribution in [0.25, 0.3) is 0 Å². The van der Waals surface area contributed by atoms with Crippen molar-refractivity contribution in [3.8, 4) is 0 Å². The van der Waals surface area contributed by atoms with E-state index in [-0.39, 0.29) is 24.0 Å². The summed E-state index contributed by atoms with van der Waals surface area (Å²) in [6.45, 7) is 7.88. The summed E-state index contributed by atoms with van der Waals surface area (Å²) in [5, 5.41) is 13.5. The van der Waals surface area contributed by atoms with Gasteiger partial charge in [0.05, 0.1) is 6.61 Å². The maximum Gasteiger partial charge on any atom is 0.193 e. The monoisotopic (exact) mass is 548 g/mol. The first-order valence-electron chi connectivity index (χ1n) is 11.3. The van der Waals surface area contributed by atoms with Crippen LogP contribution in [0.5, 0.6) is 0 Å². The highest BCUT2D eigenvalue weighted by Gasteiger charge is 2.42. The van der Waals surface area contributed by atoms with Crippen molar-refractivity contribution in [3.63, 3.8) is 0 Å². The van der Waals surface area contributed by atoms with E-state index in [1.807, 2.05) is 0 Å². The Kier molecular flexibility index (Phi) is 9.12. The molecule has 1 N–H and O–H groups in total. The third-order valence-electron chi connectivity index (χ3n) is 6.69. The van der Waals surface area contributed by atoms with Crippen LogP contribution in [0.15, 0.2) is 10.1 Å². The zero-order chi connectivity index (χ0) is 20.1. The SMILES string of the molecule is CCNC(=NCCCc1nnc(SC)n1C1CCCC1)N1CCC2(CCOC2)C1.I. The number of aryl methyl sites for hydroxylation is 1. The highest BCUT2D eigenvalue weighted by molar-refractivity contribution is 14.0. The molecule has 1 unspecified atom stereocenters. The molecule has 1 spiro atoms. The fraction of sp³-hybridized carbons (Fsp3) is 0.857. The predicted molar refractivity (Wildman–Crippen MR) is 133 cm³/mol. The molecular weight excluding hydrogens is 511 g/mol. The maximum atomic E-state index is 5.68. The molecule has 0 amide bonds. The van der Waals surface area contributed by atoms with Gasteiger partial charge in [0, 0.05) is 50.7 Å². The fourth-order valence-corrected chi connectivity index (χ4v) is 5.66. The Bertz CT molecular complexity index is 700. The van der Waals surface area contributed by atoms with Gasteiger partial charge in [-0.3, -0.25) is 4.99 Å². The molecule has 3 fully saturated rings. The summed E-state index contributed by atoms with van der Waals surface area (Å²) in [6, 6.07) is 0.595. The van der Waals surface area contributed by atoms with Crippen molar-refractivity contribution in [1.82, 2.24) is 25.0 Å². The van der Waals surface area contributed by atoms with Crippen molar-refractivity contribution in [2.24, 2.45) is 10.4 Å². The number of halogens is 1. The number of likely N-dealkylation sites (tertiary alicyclic amines) is 1. The van der Waals surface area contributed by atoms with Gasteiger partial charge in [0.15, 0.2) is 11.1 Å². The highest BCUT2D eigenvalue weighted by Crippen LogP contribution is 2.38. The lowest BCUT2D eigenvalue weighted by Crippen LogP contribution is -2.41. The van der Waals surface area contributed by atoms with Gasteiger partial charge in [-0.25, -0.2) is 0 Å². The Morgan fingerprint density at radius 1 is 1.30 bits per heavy atom. The minimum Gasteiger partial charge on any atom is -0.381 e. The maximum absolute atomic E-state index is 5.68. The van der Waals surface area contributed by atoms with Crippen molar-refractivity contribution in [3.05, 3.63) is 5.82 Å². The number of guanidine groups is 1. The Balaban J connectivity index is 0.00000256. The molecule has 1 aromatic heterocycles. The smallest absolute Gasteiger partial charge is 0.193 e. The molecule has 170 valence electrons. The summed E-state index contributed by atoms with van der Waals surface area (Å²) in [6.07, 6.45) is 11.7. The van der Waals surface area contributed by atoms with Gasteiger partial charge in [0.1, 0.15) is 5.82 Å². The van der Waals surface area contributed by atoms with Crippen LogP contribution in [-0.4, -0.2) is 71.3 Å². The van der Waals surface area contributed by atoms with E-state index in [9.17, 15) is 0 Å². The third-order valence-corrected chi connectivity index (χ3v) is 7.33. The fourth-order valence-electron chi connectivity index (χ4n) is 5.08. The molecule has 3 heterocycles. The largest absolute Gasteiger partial charge is 0.381 e. The molecule has 0 radical (unpaired) electrons. The minimum atomic E-state index is 0. The summed E-state index contributed by atoms with van der Waals surface area (Å²) in [5.41, 5.74) is 0.363. The molecule has 0 bridgehead atoms. The van der Waals surface area contributed by atoms with E-state index in [0.717, 1.165) is 69.2 Å². The van der Waals surface area contributed by atoms with E-state index in [4.69, 9.17) is 9.73 Å². The van der Waals surface area contributed by atoms with Crippen LogP contribution in [0.1, 0.15) is 63.7 Å². The lowest BCUT2D eigenvalue weighted by molar-refractivity contribution is 0.156. The van der Waals surface area contributed by atoms with Crippen LogP contribution in [0, 0.1) is 5.41 Å². The molecule has 2 saturated heterocycles. The second-order valence-corrected chi connectivity index (χ2v) is 9.50. The number of rotatable bonds is 7. The lowest BCUT2D eigenvalue weighted by Gasteiger charge is -2.25. The van der Waals surface area contributed by atoms with Crippen LogP contribution in [0.3, 0.4) is 0 Å². The Morgan fingerprint density at radius 2 is 2.13 bits per heavy atom. The van der Waals surface area contributed by atoms with Gasteiger partial charge >= 0.3 is 0 Å². The van der Waals surface area contributed by atoms with Crippen LogP contribution in [0.2, 0.25) is 0 Å². The second kappa shape index (κ2) is 11.4. The van der Waals surface area contributed by atoms with Crippen LogP contribution < -0.4 is 5.32 Å². The van der Waals surface area contributed by atoms with E-state index < -0.39 is 0 Å². The minimum absolute atomic E-state index is 0. The first-order valence-corrected chi connectivity index (χ1v) is 12.6. The van der Waals surface area contributed by atoms with E-state index in [1.54, 1.807) is 11.8 Å². The molecule has 1 saturated carbocycles. The first kappa shape index (κ1) is 24.1. The molecule has 2 aliphatic heterocycles. The van der Waals surface area contributed by atoms with E-state index >= 15 is 0 Å². The van der Waals surface area contributed by atoms with Crippen LogP contribution in [-0.2, 0) is 11.2 Å². The van der Waals surface area contributed by atoms with Gasteiger partial charge in [-0.05, 0) is 45.3 Å². The average molecular weight is 549 g/mol. The lowest BCUT2D eigenvalue weighted by atomic mass is 9.87. The first-order chi connectivity index (χ1) is 14.2. The third kappa shape index (κ3) is 5.43. The zero-order valence-electron chi connectivity index (χ0n) is 18.4. The summed E-state index contributed by atoms with van der Waals surface area (Å²) in [4.78, 5) is 7.38. The normalized spacial score (nSPS) is 24.7. The number of thioether (sulfide) groups is 1. The standard InChI is InChI=1S/C21H36N6OS.HI/c1-3-22-19(26-13-10-21(15-26)11-14-28-16-21)23-12-6-9-18-24-25-20(29-2)27(18)17-7-4-5-8-17;/h17H,3-16H2,1-2H3,(H,22,23);1H. The topological polar surface area (TPSA) is 67.6 Å². The molecule has 9 heteroatoms. The number of hydrogen-bond acceptors (Lipinski definition) is 5. The van der Waals surface area contributed by atoms with Crippen LogP contribution in [0.4, 0.5) is 0 Å². The molecule has 1 aromatic rings. The van der Waals surface area contributed by atoms with Crippen molar-refractivity contribution in [2.75, 3.05) is 45.6 Å². The highest BCUT2D eigenvalue weighted by atomic mass is 127. The van der Waals surface area contributed by atoms with Crippen LogP contribution >= 0.6 is 35.7 Å². The van der Waals surface area contributed by atoms with Gasteiger partial charge in [-0.1, -0.05) is 24.6 Å². The molecule has 1 aliphatic carbocycles. The number of nitrogens with one attached hydrogen (secondary N) is 1. The van der Waals surface area contributed by atoms with Gasteiger partial charge in [-0.2, -0.15) is 0 Å². The Morgan fingerprint density at radius 3 is 2.83 bits per heavy atom. The number of aliphatic imine (C=N–C) groups is 1. The summed E-state index contributed by atoms with van der Waals surface area (Å²) in [5.74, 6) is 2.21. The van der Waals surface area contributed by atoms with E-state index in [0.29, 0.717) is 11.5 Å². The molecule has 1 atom stereocenters. The predicted octanol–water partition coefficient (Wildman–Crippen LogP) is 3.74. The van der Waals surface area contributed by atoms with Gasteiger partial charge in [0.2, 0.25) is 0 Å². The number of aromatic nitrogens is 3. The molecular formula is C21H37IN6OS. The summed E-state index contributed by atoms with van der Waals surface area (Å²) in [7, 11) is 0. The van der Waals surface area contributed by atoms with Crippen molar-refractivity contribution in [2.45, 2.75) is 69.5 Å². The summed E-state index contributed by atoms with van der Waals surface area (Å²) >= 11 is 1.71. The number of nitrogens with zero attached hydrogens (tertiary/aromatic N) is 5. The average Bonchev–Trinajstić information content (AvgIpc) is 3.52. The number of hydrogen-bond donors (Lipinski definition) is 1. The van der Waals surface area contributed by atoms with Crippen molar-refractivity contribution < 1.29 is 4.74 Å². The Hall–Kier alpha value is -0.550. The molecule has 0 aromatic carbocycles.